The summed E-state index contributed by atoms with van der Waals surface area (Å²) in [4.78, 5) is 27.4. The van der Waals surface area contributed by atoms with Crippen LogP contribution in [0.1, 0.15) is 41.3 Å². The summed E-state index contributed by atoms with van der Waals surface area (Å²) >= 11 is 12.0. The van der Waals surface area contributed by atoms with Gasteiger partial charge in [0.05, 0.1) is 10.6 Å². The first-order valence-electron chi connectivity index (χ1n) is 8.56. The fourth-order valence-electron chi connectivity index (χ4n) is 2.99. The van der Waals surface area contributed by atoms with Gasteiger partial charge in [0.2, 0.25) is 6.10 Å². The highest BCUT2D eigenvalue weighted by molar-refractivity contribution is 6.36. The standard InChI is InChI=1S/C20H19Cl2NO3/c21-15-9-10-16(17(22)13-15)20(25)26-18(14-7-3-1-4-8-14)19(24)23-11-5-2-6-12-23/h1,3-4,7-10,13,18H,2,5-6,11-12H2/t18-/m1/s1. The predicted octanol–water partition coefficient (Wildman–Crippen LogP) is 4.90. The highest BCUT2D eigenvalue weighted by atomic mass is 35.5. The highest BCUT2D eigenvalue weighted by Gasteiger charge is 2.31. The molecule has 26 heavy (non-hydrogen) atoms. The summed E-state index contributed by atoms with van der Waals surface area (Å²) in [5.41, 5.74) is 0.824. The Labute approximate surface area is 162 Å². The van der Waals surface area contributed by atoms with E-state index in [0.717, 1.165) is 19.3 Å². The highest BCUT2D eigenvalue weighted by Crippen LogP contribution is 2.27. The summed E-state index contributed by atoms with van der Waals surface area (Å²) in [6.45, 7) is 1.36. The van der Waals surface area contributed by atoms with Crippen molar-refractivity contribution in [3.63, 3.8) is 0 Å². The van der Waals surface area contributed by atoms with Gasteiger partial charge < -0.3 is 9.64 Å². The number of benzene rings is 2. The molecule has 1 heterocycles. The zero-order chi connectivity index (χ0) is 18.5. The smallest absolute Gasteiger partial charge is 0.340 e. The summed E-state index contributed by atoms with van der Waals surface area (Å²) in [5.74, 6) is -0.847. The molecule has 1 saturated heterocycles. The molecule has 0 aromatic heterocycles. The van der Waals surface area contributed by atoms with Crippen LogP contribution in [0.25, 0.3) is 0 Å². The molecule has 0 saturated carbocycles. The summed E-state index contributed by atoms with van der Waals surface area (Å²) < 4.78 is 5.60. The minimum Gasteiger partial charge on any atom is -0.444 e. The number of halogens is 2. The Hall–Kier alpha value is -2.04. The van der Waals surface area contributed by atoms with Crippen LogP contribution in [-0.2, 0) is 9.53 Å². The first kappa shape index (κ1) is 18.7. The number of hydrogen-bond acceptors (Lipinski definition) is 3. The molecule has 4 nitrogen and oxygen atoms in total. The Morgan fingerprint density at radius 3 is 2.31 bits per heavy atom. The molecular weight excluding hydrogens is 373 g/mol. The average molecular weight is 392 g/mol. The number of likely N-dealkylation sites (tertiary alicyclic amines) is 1. The van der Waals surface area contributed by atoms with Gasteiger partial charge >= 0.3 is 5.97 Å². The molecule has 136 valence electrons. The van der Waals surface area contributed by atoms with Gasteiger partial charge in [-0.05, 0) is 37.5 Å². The average Bonchev–Trinajstić information content (AvgIpc) is 2.67. The maximum Gasteiger partial charge on any atom is 0.340 e. The van der Waals surface area contributed by atoms with E-state index in [-0.39, 0.29) is 16.5 Å². The molecule has 1 fully saturated rings. The SMILES string of the molecule is O=C(O[C@@H](C(=O)N1CCCCC1)c1ccccc1)c1ccc(Cl)cc1Cl. The van der Waals surface area contributed by atoms with Gasteiger partial charge in [0.1, 0.15) is 0 Å². The monoisotopic (exact) mass is 391 g/mol. The molecule has 0 aliphatic carbocycles. The molecule has 0 spiro atoms. The minimum atomic E-state index is -0.992. The zero-order valence-corrected chi connectivity index (χ0v) is 15.7. The van der Waals surface area contributed by atoms with Crippen LogP contribution in [0.4, 0.5) is 0 Å². The van der Waals surface area contributed by atoms with Crippen LogP contribution in [0, 0.1) is 0 Å². The lowest BCUT2D eigenvalue weighted by Gasteiger charge is -2.30. The van der Waals surface area contributed by atoms with E-state index in [9.17, 15) is 9.59 Å². The maximum atomic E-state index is 13.0. The van der Waals surface area contributed by atoms with Crippen LogP contribution >= 0.6 is 23.2 Å². The molecular formula is C20H19Cl2NO3. The molecule has 1 aliphatic heterocycles. The second-order valence-corrected chi connectivity index (χ2v) is 7.05. The third-order valence-electron chi connectivity index (χ3n) is 4.37. The number of carbonyl (C=O) groups excluding carboxylic acids is 2. The number of carbonyl (C=O) groups is 2. The van der Waals surface area contributed by atoms with Crippen LogP contribution in [0.15, 0.2) is 48.5 Å². The van der Waals surface area contributed by atoms with Crippen molar-refractivity contribution < 1.29 is 14.3 Å². The molecule has 3 rings (SSSR count). The number of ether oxygens (including phenoxy) is 1. The van der Waals surface area contributed by atoms with Gasteiger partial charge in [-0.25, -0.2) is 4.79 Å². The largest absolute Gasteiger partial charge is 0.444 e. The van der Waals surface area contributed by atoms with Gasteiger partial charge in [-0.15, -0.1) is 0 Å². The van der Waals surface area contributed by atoms with Gasteiger partial charge in [-0.3, -0.25) is 4.79 Å². The van der Waals surface area contributed by atoms with Crippen molar-refractivity contribution in [2.45, 2.75) is 25.4 Å². The zero-order valence-electron chi connectivity index (χ0n) is 14.2. The molecule has 1 aliphatic rings. The third kappa shape index (κ3) is 4.37. The second-order valence-electron chi connectivity index (χ2n) is 6.21. The van der Waals surface area contributed by atoms with Crippen molar-refractivity contribution in [3.05, 3.63) is 69.7 Å². The lowest BCUT2D eigenvalue weighted by molar-refractivity contribution is -0.142. The van der Waals surface area contributed by atoms with E-state index < -0.39 is 12.1 Å². The Morgan fingerprint density at radius 1 is 0.962 bits per heavy atom. The lowest BCUT2D eigenvalue weighted by atomic mass is 10.1. The number of esters is 1. The second kappa shape index (κ2) is 8.56. The lowest BCUT2D eigenvalue weighted by Crippen LogP contribution is -2.40. The van der Waals surface area contributed by atoms with E-state index in [1.165, 1.54) is 12.1 Å². The van der Waals surface area contributed by atoms with Gasteiger partial charge in [-0.1, -0.05) is 53.5 Å². The van der Waals surface area contributed by atoms with Crippen molar-refractivity contribution >= 4 is 35.1 Å². The number of rotatable bonds is 4. The normalized spacial score (nSPS) is 15.4. The van der Waals surface area contributed by atoms with Crippen LogP contribution in [-0.4, -0.2) is 29.9 Å². The van der Waals surface area contributed by atoms with Gasteiger partial charge in [0, 0.05) is 23.7 Å². The molecule has 0 N–H and O–H groups in total. The Balaban J connectivity index is 1.85. The minimum absolute atomic E-state index is 0.184. The van der Waals surface area contributed by atoms with Crippen molar-refractivity contribution in [1.82, 2.24) is 4.90 Å². The number of piperidine rings is 1. The first-order valence-corrected chi connectivity index (χ1v) is 9.31. The van der Waals surface area contributed by atoms with Crippen molar-refractivity contribution in [3.8, 4) is 0 Å². The van der Waals surface area contributed by atoms with Gasteiger partial charge in [-0.2, -0.15) is 0 Å². The van der Waals surface area contributed by atoms with E-state index >= 15 is 0 Å². The number of hydrogen-bond donors (Lipinski definition) is 0. The van der Waals surface area contributed by atoms with E-state index in [4.69, 9.17) is 27.9 Å². The quantitative estimate of drug-likeness (QED) is 0.695. The Kier molecular flexibility index (Phi) is 6.17. The van der Waals surface area contributed by atoms with Crippen molar-refractivity contribution in [2.24, 2.45) is 0 Å². The molecule has 2 aromatic carbocycles. The number of nitrogens with zero attached hydrogens (tertiary/aromatic N) is 1. The summed E-state index contributed by atoms with van der Waals surface area (Å²) in [5, 5.41) is 0.621. The summed E-state index contributed by atoms with van der Waals surface area (Å²) in [6.07, 6.45) is 2.04. The number of amides is 1. The topological polar surface area (TPSA) is 46.6 Å². The Bertz CT molecular complexity index is 789. The molecule has 0 radical (unpaired) electrons. The van der Waals surface area contributed by atoms with Crippen molar-refractivity contribution in [1.29, 1.82) is 0 Å². The summed E-state index contributed by atoms with van der Waals surface area (Å²) in [6, 6.07) is 13.6. The van der Waals surface area contributed by atoms with Crippen LogP contribution in [0.5, 0.6) is 0 Å². The van der Waals surface area contributed by atoms with Crippen LogP contribution < -0.4 is 0 Å². The molecule has 1 atom stereocenters. The molecule has 2 aromatic rings. The summed E-state index contributed by atoms with van der Waals surface area (Å²) in [7, 11) is 0. The fraction of sp³-hybridized carbons (Fsp3) is 0.300. The maximum absolute atomic E-state index is 13.0. The molecule has 0 bridgehead atoms. The third-order valence-corrected chi connectivity index (χ3v) is 4.92. The van der Waals surface area contributed by atoms with Gasteiger partial charge in [0.25, 0.3) is 5.91 Å². The molecule has 0 unspecified atom stereocenters. The van der Waals surface area contributed by atoms with E-state index in [0.29, 0.717) is 23.7 Å². The molecule has 6 heteroatoms. The van der Waals surface area contributed by atoms with E-state index in [2.05, 4.69) is 0 Å². The molecule has 1 amide bonds. The predicted molar refractivity (Wildman–Crippen MR) is 101 cm³/mol. The van der Waals surface area contributed by atoms with E-state index in [1.807, 2.05) is 18.2 Å². The van der Waals surface area contributed by atoms with Crippen LogP contribution in [0.3, 0.4) is 0 Å². The fourth-order valence-corrected chi connectivity index (χ4v) is 3.48. The van der Waals surface area contributed by atoms with Gasteiger partial charge in [0.15, 0.2) is 0 Å². The van der Waals surface area contributed by atoms with Crippen molar-refractivity contribution in [2.75, 3.05) is 13.1 Å². The van der Waals surface area contributed by atoms with E-state index in [1.54, 1.807) is 23.1 Å². The first-order chi connectivity index (χ1) is 12.6. The van der Waals surface area contributed by atoms with Crippen LogP contribution in [0.2, 0.25) is 10.0 Å². The Morgan fingerprint density at radius 2 is 1.65 bits per heavy atom.